The van der Waals surface area contributed by atoms with Gasteiger partial charge in [-0.05, 0) is 43.9 Å². The summed E-state index contributed by atoms with van der Waals surface area (Å²) < 4.78 is 6.02. The molecule has 18 heavy (non-hydrogen) atoms. The zero-order valence-electron chi connectivity index (χ0n) is 11.3. The molecular weight excluding hydrogens is 224 g/mol. The highest BCUT2D eigenvalue weighted by molar-refractivity contribution is 5.20. The van der Waals surface area contributed by atoms with E-state index in [1.54, 1.807) is 0 Å². The van der Waals surface area contributed by atoms with Crippen molar-refractivity contribution in [2.75, 3.05) is 6.54 Å². The molecule has 0 spiro atoms. The van der Waals surface area contributed by atoms with Crippen LogP contribution in [0.15, 0.2) is 18.3 Å². The largest absolute Gasteiger partial charge is 0.474 e. The molecule has 0 unspecified atom stereocenters. The Morgan fingerprint density at radius 1 is 1.28 bits per heavy atom. The Hall–Kier alpha value is -1.09. The molecule has 3 heteroatoms. The molecule has 2 rings (SSSR count). The quantitative estimate of drug-likeness (QED) is 0.812. The van der Waals surface area contributed by atoms with Gasteiger partial charge in [-0.3, -0.25) is 0 Å². The second-order valence-corrected chi connectivity index (χ2v) is 5.01. The van der Waals surface area contributed by atoms with Crippen LogP contribution in [0.5, 0.6) is 5.88 Å². The molecule has 1 N–H and O–H groups in total. The Balaban J connectivity index is 1.91. The van der Waals surface area contributed by atoms with Gasteiger partial charge < -0.3 is 10.1 Å². The monoisotopic (exact) mass is 248 g/mol. The average molecular weight is 248 g/mol. The topological polar surface area (TPSA) is 34.2 Å². The molecule has 1 aromatic heterocycles. The fourth-order valence-corrected chi connectivity index (χ4v) is 2.42. The molecule has 1 heterocycles. The number of nitrogens with one attached hydrogen (secondary N) is 1. The van der Waals surface area contributed by atoms with Crippen molar-refractivity contribution in [3.05, 3.63) is 23.9 Å². The fourth-order valence-electron chi connectivity index (χ4n) is 2.42. The van der Waals surface area contributed by atoms with Crippen molar-refractivity contribution in [3.63, 3.8) is 0 Å². The summed E-state index contributed by atoms with van der Waals surface area (Å²) in [5.74, 6) is 0.789. The number of pyridine rings is 1. The van der Waals surface area contributed by atoms with Crippen LogP contribution >= 0.6 is 0 Å². The summed E-state index contributed by atoms with van der Waals surface area (Å²) in [6.45, 7) is 3.99. The molecule has 1 saturated carbocycles. The lowest BCUT2D eigenvalue weighted by atomic mass is 10.1. The standard InChI is InChI=1S/C15H24N2O/c1-2-16-12-13-9-10-17-15(11-13)18-14-7-5-3-4-6-8-14/h9-11,14,16H,2-8,12H2,1H3. The summed E-state index contributed by atoms with van der Waals surface area (Å²) in [5, 5.41) is 3.32. The molecule has 0 aromatic carbocycles. The first kappa shape index (κ1) is 13.3. The second-order valence-electron chi connectivity index (χ2n) is 5.01. The number of hydrogen-bond donors (Lipinski definition) is 1. The SMILES string of the molecule is CCNCc1ccnc(OC2CCCCCC2)c1. The normalized spacial score (nSPS) is 17.4. The highest BCUT2D eigenvalue weighted by Gasteiger charge is 2.14. The van der Waals surface area contributed by atoms with Crippen LogP contribution in [-0.4, -0.2) is 17.6 Å². The van der Waals surface area contributed by atoms with Crippen molar-refractivity contribution >= 4 is 0 Å². The van der Waals surface area contributed by atoms with E-state index in [9.17, 15) is 0 Å². The Morgan fingerprint density at radius 2 is 2.06 bits per heavy atom. The van der Waals surface area contributed by atoms with Crippen molar-refractivity contribution in [3.8, 4) is 5.88 Å². The third kappa shape index (κ3) is 4.30. The lowest BCUT2D eigenvalue weighted by molar-refractivity contribution is 0.176. The number of aromatic nitrogens is 1. The Bertz CT molecular complexity index is 346. The van der Waals surface area contributed by atoms with E-state index in [0.717, 1.165) is 19.0 Å². The summed E-state index contributed by atoms with van der Waals surface area (Å²) >= 11 is 0. The number of hydrogen-bond acceptors (Lipinski definition) is 3. The van der Waals surface area contributed by atoms with Crippen molar-refractivity contribution < 1.29 is 4.74 Å². The predicted molar refractivity (Wildman–Crippen MR) is 73.7 cm³/mol. The van der Waals surface area contributed by atoms with Gasteiger partial charge in [0.1, 0.15) is 6.10 Å². The van der Waals surface area contributed by atoms with E-state index < -0.39 is 0 Å². The van der Waals surface area contributed by atoms with E-state index in [1.807, 2.05) is 12.3 Å². The minimum atomic E-state index is 0.370. The molecule has 0 atom stereocenters. The van der Waals surface area contributed by atoms with E-state index in [0.29, 0.717) is 6.10 Å². The van der Waals surface area contributed by atoms with Crippen molar-refractivity contribution in [2.24, 2.45) is 0 Å². The van der Waals surface area contributed by atoms with Gasteiger partial charge in [-0.1, -0.05) is 19.8 Å². The van der Waals surface area contributed by atoms with E-state index in [4.69, 9.17) is 4.74 Å². The summed E-state index contributed by atoms with van der Waals surface area (Å²) in [7, 11) is 0. The maximum absolute atomic E-state index is 6.02. The van der Waals surface area contributed by atoms with Gasteiger partial charge in [-0.2, -0.15) is 0 Å². The third-order valence-corrected chi connectivity index (χ3v) is 3.47. The van der Waals surface area contributed by atoms with Crippen molar-refractivity contribution in [1.29, 1.82) is 0 Å². The molecule has 1 aliphatic carbocycles. The van der Waals surface area contributed by atoms with E-state index in [-0.39, 0.29) is 0 Å². The van der Waals surface area contributed by atoms with Gasteiger partial charge in [0.25, 0.3) is 0 Å². The number of nitrogens with zero attached hydrogens (tertiary/aromatic N) is 1. The number of ether oxygens (including phenoxy) is 1. The molecule has 0 saturated heterocycles. The van der Waals surface area contributed by atoms with Gasteiger partial charge in [0.05, 0.1) is 0 Å². The Labute approximate surface area is 110 Å². The van der Waals surface area contributed by atoms with Crippen LogP contribution in [0.2, 0.25) is 0 Å². The highest BCUT2D eigenvalue weighted by atomic mass is 16.5. The van der Waals surface area contributed by atoms with Gasteiger partial charge >= 0.3 is 0 Å². The van der Waals surface area contributed by atoms with Crippen LogP contribution in [0.1, 0.15) is 51.0 Å². The van der Waals surface area contributed by atoms with Crippen molar-refractivity contribution in [1.82, 2.24) is 10.3 Å². The van der Waals surface area contributed by atoms with E-state index >= 15 is 0 Å². The number of rotatable bonds is 5. The minimum Gasteiger partial charge on any atom is -0.474 e. The maximum Gasteiger partial charge on any atom is 0.213 e. The van der Waals surface area contributed by atoms with Gasteiger partial charge in [0, 0.05) is 18.8 Å². The smallest absolute Gasteiger partial charge is 0.213 e. The van der Waals surface area contributed by atoms with Crippen LogP contribution in [-0.2, 0) is 6.54 Å². The molecule has 0 bridgehead atoms. The summed E-state index contributed by atoms with van der Waals surface area (Å²) in [6.07, 6.45) is 9.87. The van der Waals surface area contributed by atoms with Crippen LogP contribution in [0.4, 0.5) is 0 Å². The summed E-state index contributed by atoms with van der Waals surface area (Å²) in [4.78, 5) is 4.32. The summed E-state index contributed by atoms with van der Waals surface area (Å²) in [6, 6.07) is 4.11. The molecule has 0 amide bonds. The first-order chi connectivity index (χ1) is 8.88. The molecule has 3 nitrogen and oxygen atoms in total. The van der Waals surface area contributed by atoms with Gasteiger partial charge in [-0.25, -0.2) is 4.98 Å². The van der Waals surface area contributed by atoms with Crippen LogP contribution in [0.3, 0.4) is 0 Å². The van der Waals surface area contributed by atoms with Crippen LogP contribution in [0, 0.1) is 0 Å². The van der Waals surface area contributed by atoms with Crippen molar-refractivity contribution in [2.45, 2.75) is 58.1 Å². The Morgan fingerprint density at radius 3 is 2.78 bits per heavy atom. The van der Waals surface area contributed by atoms with Gasteiger partial charge in [-0.15, -0.1) is 0 Å². The summed E-state index contributed by atoms with van der Waals surface area (Å²) in [5.41, 5.74) is 1.25. The van der Waals surface area contributed by atoms with E-state index in [2.05, 4.69) is 23.3 Å². The second kappa shape index (κ2) is 7.37. The molecule has 0 radical (unpaired) electrons. The zero-order valence-corrected chi connectivity index (χ0v) is 11.3. The molecule has 1 fully saturated rings. The van der Waals surface area contributed by atoms with Gasteiger partial charge in [0.15, 0.2) is 0 Å². The first-order valence-corrected chi connectivity index (χ1v) is 7.21. The van der Waals surface area contributed by atoms with E-state index in [1.165, 1.54) is 44.1 Å². The predicted octanol–water partition coefficient (Wildman–Crippen LogP) is 3.29. The lowest BCUT2D eigenvalue weighted by Gasteiger charge is -2.16. The fraction of sp³-hybridized carbons (Fsp3) is 0.667. The maximum atomic E-state index is 6.02. The highest BCUT2D eigenvalue weighted by Crippen LogP contribution is 2.22. The average Bonchev–Trinajstić information content (AvgIpc) is 2.65. The zero-order chi connectivity index (χ0) is 12.6. The first-order valence-electron chi connectivity index (χ1n) is 7.21. The third-order valence-electron chi connectivity index (χ3n) is 3.47. The van der Waals surface area contributed by atoms with Gasteiger partial charge in [0.2, 0.25) is 5.88 Å². The Kier molecular flexibility index (Phi) is 5.46. The molecule has 1 aliphatic rings. The lowest BCUT2D eigenvalue weighted by Crippen LogP contribution is -2.16. The minimum absolute atomic E-state index is 0.370. The van der Waals surface area contributed by atoms with Crippen LogP contribution < -0.4 is 10.1 Å². The molecule has 1 aromatic rings. The molecule has 100 valence electrons. The van der Waals surface area contributed by atoms with Crippen LogP contribution in [0.25, 0.3) is 0 Å². The molecule has 0 aliphatic heterocycles. The molecular formula is C15H24N2O.